The molecule has 0 aliphatic rings. The maximum absolute atomic E-state index is 12.8. The van der Waals surface area contributed by atoms with E-state index < -0.39 is 15.9 Å². The first-order valence-corrected chi connectivity index (χ1v) is 11.0. The van der Waals surface area contributed by atoms with Crippen molar-refractivity contribution in [1.82, 2.24) is 20.2 Å². The number of hydrogen-bond donors (Lipinski definition) is 3. The smallest absolute Gasteiger partial charge is 0.295 e. The molecule has 32 heavy (non-hydrogen) atoms. The highest BCUT2D eigenvalue weighted by atomic mass is 32.2. The van der Waals surface area contributed by atoms with Crippen LogP contribution in [0.5, 0.6) is 0 Å². The summed E-state index contributed by atoms with van der Waals surface area (Å²) in [6, 6.07) is 20.3. The van der Waals surface area contributed by atoms with E-state index in [0.29, 0.717) is 29.0 Å². The first-order chi connectivity index (χ1) is 15.4. The quantitative estimate of drug-likeness (QED) is 0.404. The average molecular weight is 449 g/mol. The number of hydrogen-bond acceptors (Lipinski definition) is 7. The van der Waals surface area contributed by atoms with Crippen molar-refractivity contribution in [3.63, 3.8) is 0 Å². The Kier molecular flexibility index (Phi) is 5.77. The Morgan fingerprint density at radius 2 is 1.75 bits per heavy atom. The van der Waals surface area contributed by atoms with Gasteiger partial charge in [0.15, 0.2) is 0 Å². The second kappa shape index (κ2) is 8.67. The Morgan fingerprint density at radius 1 is 1.00 bits per heavy atom. The van der Waals surface area contributed by atoms with Gasteiger partial charge in [0.1, 0.15) is 0 Å². The summed E-state index contributed by atoms with van der Waals surface area (Å²) in [5.41, 5.74) is 8.75. The molecule has 1 amide bonds. The van der Waals surface area contributed by atoms with Crippen molar-refractivity contribution in [2.24, 2.45) is 10.9 Å². The molecule has 0 fully saturated rings. The van der Waals surface area contributed by atoms with E-state index in [1.807, 2.05) is 6.07 Å². The minimum atomic E-state index is -3.88. The number of amides is 1. The molecule has 0 atom stereocenters. The molecular weight excluding hydrogens is 430 g/mol. The van der Waals surface area contributed by atoms with Crippen molar-refractivity contribution in [1.29, 1.82) is 0 Å². The zero-order valence-corrected chi connectivity index (χ0v) is 17.5. The van der Waals surface area contributed by atoms with Crippen molar-refractivity contribution in [3.8, 4) is 16.8 Å². The monoisotopic (exact) mass is 449 g/mol. The number of carbonyl (C=O) groups is 1. The van der Waals surface area contributed by atoms with E-state index in [9.17, 15) is 13.2 Å². The van der Waals surface area contributed by atoms with Crippen molar-refractivity contribution in [2.75, 3.05) is 5.32 Å². The van der Waals surface area contributed by atoms with E-state index >= 15 is 0 Å². The fraction of sp³-hybridized carbons (Fsp3) is 0.0476. The van der Waals surface area contributed by atoms with Crippen LogP contribution in [0.1, 0.15) is 16.2 Å². The number of anilines is 1. The molecule has 1 aromatic heterocycles. The third kappa shape index (κ3) is 4.39. The topological polar surface area (TPSA) is 159 Å². The van der Waals surface area contributed by atoms with Crippen LogP contribution in [0.25, 0.3) is 16.8 Å². The van der Waals surface area contributed by atoms with Gasteiger partial charge in [-0.2, -0.15) is 4.68 Å². The number of rotatable bonds is 6. The zero-order valence-electron chi connectivity index (χ0n) is 16.7. The van der Waals surface area contributed by atoms with Crippen molar-refractivity contribution < 1.29 is 13.2 Å². The van der Waals surface area contributed by atoms with Gasteiger partial charge in [-0.25, -0.2) is 13.6 Å². The summed E-state index contributed by atoms with van der Waals surface area (Å²) in [7, 11) is -3.88. The molecule has 10 nitrogen and oxygen atoms in total. The minimum Gasteiger partial charge on any atom is -0.326 e. The van der Waals surface area contributed by atoms with E-state index in [1.54, 1.807) is 60.7 Å². The standard InChI is InChI=1S/C21H19N7O3S/c22-13-14-4-3-5-17(12-14)28-20(25-26-27-28)21(29)24-16-10-8-15(9-11-16)18-6-1-2-7-19(18)32(23,30)31/h1-12H,13,22H2,(H,24,29)(H2,23,30,31). The number of tetrazole rings is 1. The van der Waals surface area contributed by atoms with E-state index in [1.165, 1.54) is 10.7 Å². The fourth-order valence-corrected chi connectivity index (χ4v) is 3.95. The van der Waals surface area contributed by atoms with Crippen molar-refractivity contribution in [3.05, 3.63) is 84.2 Å². The lowest BCUT2D eigenvalue weighted by atomic mass is 10.1. The Labute approximate surface area is 183 Å². The maximum Gasteiger partial charge on any atom is 0.295 e. The maximum atomic E-state index is 12.8. The molecule has 4 rings (SSSR count). The highest BCUT2D eigenvalue weighted by molar-refractivity contribution is 7.89. The molecule has 3 aromatic carbocycles. The second-order valence-electron chi connectivity index (χ2n) is 6.86. The molecule has 0 aliphatic carbocycles. The van der Waals surface area contributed by atoms with Gasteiger partial charge in [-0.05, 0) is 51.9 Å². The first-order valence-electron chi connectivity index (χ1n) is 9.48. The van der Waals surface area contributed by atoms with E-state index in [-0.39, 0.29) is 10.7 Å². The van der Waals surface area contributed by atoms with E-state index in [4.69, 9.17) is 10.9 Å². The number of carbonyl (C=O) groups excluding carboxylic acids is 1. The molecular formula is C21H19N7O3S. The van der Waals surface area contributed by atoms with Gasteiger partial charge >= 0.3 is 0 Å². The Bertz CT molecular complexity index is 1380. The predicted octanol–water partition coefficient (Wildman–Crippen LogP) is 1.69. The number of primary sulfonamides is 1. The number of benzene rings is 3. The van der Waals surface area contributed by atoms with Crippen LogP contribution in [-0.4, -0.2) is 34.5 Å². The van der Waals surface area contributed by atoms with Gasteiger partial charge in [-0.3, -0.25) is 4.79 Å². The largest absolute Gasteiger partial charge is 0.326 e. The van der Waals surface area contributed by atoms with Gasteiger partial charge < -0.3 is 11.1 Å². The molecule has 0 saturated carbocycles. The molecule has 11 heteroatoms. The molecule has 0 spiro atoms. The van der Waals surface area contributed by atoms with Gasteiger partial charge in [-0.1, -0.05) is 42.5 Å². The van der Waals surface area contributed by atoms with Crippen LogP contribution in [0.4, 0.5) is 5.69 Å². The molecule has 0 saturated heterocycles. The molecule has 0 unspecified atom stereocenters. The third-order valence-electron chi connectivity index (χ3n) is 4.71. The van der Waals surface area contributed by atoms with Gasteiger partial charge in [0.05, 0.1) is 10.6 Å². The summed E-state index contributed by atoms with van der Waals surface area (Å²) in [4.78, 5) is 12.8. The number of nitrogens with two attached hydrogens (primary N) is 2. The third-order valence-corrected chi connectivity index (χ3v) is 5.68. The SMILES string of the molecule is NCc1cccc(-n2nnnc2C(=O)Nc2ccc(-c3ccccc3S(N)(=O)=O)cc2)c1. The average Bonchev–Trinajstić information content (AvgIpc) is 3.29. The molecule has 1 heterocycles. The summed E-state index contributed by atoms with van der Waals surface area (Å²) in [5, 5.41) is 19.4. The normalized spacial score (nSPS) is 11.3. The Balaban J connectivity index is 1.57. The van der Waals surface area contributed by atoms with Crippen LogP contribution in [0, 0.1) is 0 Å². The lowest BCUT2D eigenvalue weighted by Gasteiger charge is -2.10. The molecule has 4 aromatic rings. The van der Waals surface area contributed by atoms with Crippen LogP contribution in [0.2, 0.25) is 0 Å². The first kappa shape index (κ1) is 21.3. The number of nitrogens with one attached hydrogen (secondary N) is 1. The summed E-state index contributed by atoms with van der Waals surface area (Å²) in [6.45, 7) is 0.346. The van der Waals surface area contributed by atoms with Gasteiger partial charge in [0, 0.05) is 17.8 Å². The van der Waals surface area contributed by atoms with Gasteiger partial charge in [0.2, 0.25) is 15.8 Å². The van der Waals surface area contributed by atoms with Gasteiger partial charge in [-0.15, -0.1) is 5.10 Å². The van der Waals surface area contributed by atoms with Crippen LogP contribution >= 0.6 is 0 Å². The molecule has 0 aliphatic heterocycles. The zero-order chi connectivity index (χ0) is 22.7. The van der Waals surface area contributed by atoms with Crippen LogP contribution < -0.4 is 16.2 Å². The molecule has 162 valence electrons. The van der Waals surface area contributed by atoms with E-state index in [0.717, 1.165) is 5.56 Å². The van der Waals surface area contributed by atoms with Crippen LogP contribution in [-0.2, 0) is 16.6 Å². The van der Waals surface area contributed by atoms with Crippen LogP contribution in [0.3, 0.4) is 0 Å². The van der Waals surface area contributed by atoms with Crippen molar-refractivity contribution in [2.45, 2.75) is 11.4 Å². The van der Waals surface area contributed by atoms with Crippen LogP contribution in [0.15, 0.2) is 77.7 Å². The number of sulfonamides is 1. The minimum absolute atomic E-state index is 0.00261. The summed E-state index contributed by atoms with van der Waals surface area (Å²) >= 11 is 0. The lowest BCUT2D eigenvalue weighted by Crippen LogP contribution is -2.18. The fourth-order valence-electron chi connectivity index (χ4n) is 3.19. The van der Waals surface area contributed by atoms with Crippen molar-refractivity contribution >= 4 is 21.6 Å². The summed E-state index contributed by atoms with van der Waals surface area (Å²) in [6.07, 6.45) is 0. The van der Waals surface area contributed by atoms with Gasteiger partial charge in [0.25, 0.3) is 5.91 Å². The summed E-state index contributed by atoms with van der Waals surface area (Å²) in [5.74, 6) is -0.506. The highest BCUT2D eigenvalue weighted by Gasteiger charge is 2.18. The molecule has 0 bridgehead atoms. The Hall–Kier alpha value is -3.93. The molecule has 5 N–H and O–H groups in total. The lowest BCUT2D eigenvalue weighted by molar-refractivity contribution is 0.101. The predicted molar refractivity (Wildman–Crippen MR) is 118 cm³/mol. The number of aromatic nitrogens is 4. The second-order valence-corrected chi connectivity index (χ2v) is 8.39. The molecule has 0 radical (unpaired) electrons. The van der Waals surface area contributed by atoms with E-state index in [2.05, 4.69) is 20.8 Å². The summed E-state index contributed by atoms with van der Waals surface area (Å²) < 4.78 is 25.0. The Morgan fingerprint density at radius 3 is 2.47 bits per heavy atom. The number of nitrogens with zero attached hydrogens (tertiary/aromatic N) is 4. The highest BCUT2D eigenvalue weighted by Crippen LogP contribution is 2.27.